The van der Waals surface area contributed by atoms with Crippen molar-refractivity contribution >= 4 is 57.8 Å². The van der Waals surface area contributed by atoms with E-state index in [0.29, 0.717) is 12.1 Å². The third-order valence-electron chi connectivity index (χ3n) is 6.27. The number of fused-ring (bicyclic) bond motifs is 1. The predicted octanol–water partition coefficient (Wildman–Crippen LogP) is 6.78. The Morgan fingerprint density at radius 1 is 1.11 bits per heavy atom. The second kappa shape index (κ2) is 10.8. The molecule has 2 heterocycles. The van der Waals surface area contributed by atoms with Crippen LogP contribution in [0.5, 0.6) is 0 Å². The maximum atomic E-state index is 12.5. The Labute approximate surface area is 213 Å². The summed E-state index contributed by atoms with van der Waals surface area (Å²) in [6.45, 7) is 1.97. The number of rotatable bonds is 7. The summed E-state index contributed by atoms with van der Waals surface area (Å²) in [5.41, 5.74) is 4.99. The number of amides is 2. The van der Waals surface area contributed by atoms with Gasteiger partial charge in [0.05, 0.1) is 17.6 Å². The van der Waals surface area contributed by atoms with Crippen LogP contribution in [0.1, 0.15) is 47.4 Å². The minimum atomic E-state index is -0.412. The van der Waals surface area contributed by atoms with Crippen molar-refractivity contribution in [3.8, 4) is 0 Å². The highest BCUT2D eigenvalue weighted by atomic mass is 32.1. The summed E-state index contributed by atoms with van der Waals surface area (Å²) in [6.07, 6.45) is 7.93. The van der Waals surface area contributed by atoms with Gasteiger partial charge in [-0.3, -0.25) is 15.2 Å². The smallest absolute Gasteiger partial charge is 0.411 e. The van der Waals surface area contributed by atoms with Crippen LogP contribution in [0.25, 0.3) is 23.1 Å². The normalized spacial score (nSPS) is 13.9. The molecule has 0 spiro atoms. The first kappa shape index (κ1) is 23.8. The topological polar surface area (TPSA) is 96.1 Å². The van der Waals surface area contributed by atoms with Crippen molar-refractivity contribution in [3.05, 3.63) is 75.6 Å². The molecule has 1 aliphatic carbocycles. The van der Waals surface area contributed by atoms with E-state index >= 15 is 0 Å². The average molecular weight is 501 g/mol. The van der Waals surface area contributed by atoms with Gasteiger partial charge in [0.25, 0.3) is 0 Å². The van der Waals surface area contributed by atoms with E-state index < -0.39 is 6.09 Å². The molecule has 3 N–H and O–H groups in total. The van der Waals surface area contributed by atoms with Gasteiger partial charge in [-0.1, -0.05) is 24.3 Å². The van der Waals surface area contributed by atoms with Crippen LogP contribution >= 0.6 is 11.3 Å². The lowest BCUT2D eigenvalue weighted by molar-refractivity contribution is -0.115. The molecule has 7 nitrogen and oxygen atoms in total. The molecule has 2 aromatic carbocycles. The second-order valence-corrected chi connectivity index (χ2v) is 10.1. The Balaban J connectivity index is 1.28. The Morgan fingerprint density at radius 2 is 1.97 bits per heavy atom. The van der Waals surface area contributed by atoms with Gasteiger partial charge in [0, 0.05) is 21.6 Å². The lowest BCUT2D eigenvalue weighted by atomic mass is 10.1. The number of thiophene rings is 1. The number of carbonyl (C=O) groups excluding carboxylic acids is 2. The van der Waals surface area contributed by atoms with Crippen molar-refractivity contribution in [2.75, 3.05) is 10.6 Å². The molecule has 0 unspecified atom stereocenters. The zero-order valence-electron chi connectivity index (χ0n) is 20.0. The van der Waals surface area contributed by atoms with E-state index in [-0.39, 0.29) is 12.0 Å². The SMILES string of the molecule is Cc1cc2[nH]nc(/C=C/c3cccc(NC(=O)OC4CCCC4)c3)c2cc1NC(=O)Cc1cccs1. The fourth-order valence-corrected chi connectivity index (χ4v) is 5.12. The zero-order valence-corrected chi connectivity index (χ0v) is 20.9. The van der Waals surface area contributed by atoms with Crippen LogP contribution in [0.4, 0.5) is 16.2 Å². The van der Waals surface area contributed by atoms with Crippen molar-refractivity contribution in [1.82, 2.24) is 10.2 Å². The molecule has 0 aliphatic heterocycles. The van der Waals surface area contributed by atoms with Crippen LogP contribution in [-0.4, -0.2) is 28.3 Å². The monoisotopic (exact) mass is 500 g/mol. The van der Waals surface area contributed by atoms with E-state index in [1.165, 1.54) is 0 Å². The number of carbonyl (C=O) groups is 2. The molecule has 0 saturated heterocycles. The number of ether oxygens (including phenoxy) is 1. The van der Waals surface area contributed by atoms with Crippen LogP contribution in [-0.2, 0) is 16.0 Å². The fourth-order valence-electron chi connectivity index (χ4n) is 4.42. The zero-order chi connectivity index (χ0) is 24.9. The number of aromatic nitrogens is 2. The number of aromatic amines is 1. The second-order valence-electron chi connectivity index (χ2n) is 9.02. The van der Waals surface area contributed by atoms with Gasteiger partial charge in [0.1, 0.15) is 6.10 Å². The largest absolute Gasteiger partial charge is 0.446 e. The predicted molar refractivity (Wildman–Crippen MR) is 145 cm³/mol. The molecule has 1 aliphatic rings. The summed E-state index contributed by atoms with van der Waals surface area (Å²) in [4.78, 5) is 25.8. The Kier molecular flexibility index (Phi) is 7.13. The number of H-pyrrole nitrogens is 1. The van der Waals surface area contributed by atoms with Gasteiger partial charge in [0.15, 0.2) is 0 Å². The molecular weight excluding hydrogens is 472 g/mol. The summed E-state index contributed by atoms with van der Waals surface area (Å²) in [5.74, 6) is -0.0451. The molecule has 2 amide bonds. The first-order chi connectivity index (χ1) is 17.5. The molecule has 0 atom stereocenters. The maximum absolute atomic E-state index is 12.5. The molecule has 1 fully saturated rings. The van der Waals surface area contributed by atoms with Crippen molar-refractivity contribution in [3.63, 3.8) is 0 Å². The van der Waals surface area contributed by atoms with Crippen molar-refractivity contribution in [1.29, 1.82) is 0 Å². The highest BCUT2D eigenvalue weighted by Gasteiger charge is 2.19. The average Bonchev–Trinajstić information content (AvgIpc) is 3.62. The Morgan fingerprint density at radius 3 is 2.78 bits per heavy atom. The molecule has 0 bridgehead atoms. The van der Waals surface area contributed by atoms with Gasteiger partial charge >= 0.3 is 6.09 Å². The maximum Gasteiger partial charge on any atom is 0.411 e. The minimum absolute atomic E-state index is 0.0232. The number of benzene rings is 2. The van der Waals surface area contributed by atoms with Crippen LogP contribution in [0.3, 0.4) is 0 Å². The third kappa shape index (κ3) is 5.83. The molecule has 2 aromatic heterocycles. The number of nitrogens with zero attached hydrogens (tertiary/aromatic N) is 1. The fraction of sp³-hybridized carbons (Fsp3) is 0.250. The lowest BCUT2D eigenvalue weighted by Gasteiger charge is -2.12. The molecule has 8 heteroatoms. The van der Waals surface area contributed by atoms with Crippen molar-refractivity contribution < 1.29 is 14.3 Å². The van der Waals surface area contributed by atoms with E-state index in [9.17, 15) is 9.59 Å². The highest BCUT2D eigenvalue weighted by Crippen LogP contribution is 2.27. The third-order valence-corrected chi connectivity index (χ3v) is 7.15. The van der Waals surface area contributed by atoms with Gasteiger partial charge in [0.2, 0.25) is 5.91 Å². The van der Waals surface area contributed by atoms with Crippen LogP contribution in [0.2, 0.25) is 0 Å². The molecule has 184 valence electrons. The van der Waals surface area contributed by atoms with Crippen LogP contribution in [0.15, 0.2) is 53.9 Å². The Hall–Kier alpha value is -3.91. The van der Waals surface area contributed by atoms with Gasteiger partial charge in [-0.15, -0.1) is 11.3 Å². The van der Waals surface area contributed by atoms with Gasteiger partial charge < -0.3 is 10.1 Å². The van der Waals surface area contributed by atoms with E-state index in [4.69, 9.17) is 4.74 Å². The summed E-state index contributed by atoms with van der Waals surface area (Å²) in [6, 6.07) is 15.4. The molecule has 5 rings (SSSR count). The minimum Gasteiger partial charge on any atom is -0.446 e. The molecule has 4 aromatic rings. The van der Waals surface area contributed by atoms with Crippen LogP contribution < -0.4 is 10.6 Å². The molecular formula is C28H28N4O3S. The van der Waals surface area contributed by atoms with E-state index in [1.54, 1.807) is 11.3 Å². The van der Waals surface area contributed by atoms with E-state index in [1.807, 2.05) is 73.0 Å². The van der Waals surface area contributed by atoms with Crippen molar-refractivity contribution in [2.24, 2.45) is 0 Å². The van der Waals surface area contributed by atoms with E-state index in [2.05, 4.69) is 20.8 Å². The summed E-state index contributed by atoms with van der Waals surface area (Å²) < 4.78 is 5.49. The van der Waals surface area contributed by atoms with E-state index in [0.717, 1.165) is 64.0 Å². The number of aryl methyl sites for hydroxylation is 1. The summed E-state index contributed by atoms with van der Waals surface area (Å²) in [7, 11) is 0. The molecule has 36 heavy (non-hydrogen) atoms. The quantitative estimate of drug-likeness (QED) is 0.261. The highest BCUT2D eigenvalue weighted by molar-refractivity contribution is 7.10. The number of anilines is 2. The summed E-state index contributed by atoms with van der Waals surface area (Å²) in [5, 5.41) is 16.3. The van der Waals surface area contributed by atoms with Gasteiger partial charge in [-0.25, -0.2) is 4.79 Å². The lowest BCUT2D eigenvalue weighted by Crippen LogP contribution is -2.20. The first-order valence-electron chi connectivity index (χ1n) is 12.1. The number of hydrogen-bond acceptors (Lipinski definition) is 5. The van der Waals surface area contributed by atoms with Gasteiger partial charge in [-0.05, 0) is 85.5 Å². The van der Waals surface area contributed by atoms with Gasteiger partial charge in [-0.2, -0.15) is 5.10 Å². The molecule has 0 radical (unpaired) electrons. The number of hydrogen-bond donors (Lipinski definition) is 3. The standard InChI is InChI=1S/C28H28N4O3S/c1-18-14-26-23(17-25(18)30-27(33)16-22-10-5-13-36-22)24(31-32-26)12-11-19-6-4-7-20(15-19)29-28(34)35-21-8-2-3-9-21/h4-7,10-15,17,21H,2-3,8-9,16H2,1H3,(H,29,34)(H,30,33)(H,31,32)/b12-11+. The van der Waals surface area contributed by atoms with Crippen LogP contribution in [0, 0.1) is 6.92 Å². The van der Waals surface area contributed by atoms with Crippen molar-refractivity contribution in [2.45, 2.75) is 45.1 Å². The molecule has 1 saturated carbocycles. The Bertz CT molecular complexity index is 1400. The summed E-state index contributed by atoms with van der Waals surface area (Å²) >= 11 is 1.57. The number of nitrogens with one attached hydrogen (secondary N) is 3. The first-order valence-corrected chi connectivity index (χ1v) is 13.0.